The molecule has 0 fully saturated rings. The highest BCUT2D eigenvalue weighted by Crippen LogP contribution is 2.17. The molecule has 0 aromatic carbocycles. The number of rotatable bonds is 6. The van der Waals surface area contributed by atoms with Crippen molar-refractivity contribution < 1.29 is 0 Å². The van der Waals surface area contributed by atoms with Gasteiger partial charge in [-0.05, 0) is 24.7 Å². The van der Waals surface area contributed by atoms with Gasteiger partial charge in [0.1, 0.15) is 0 Å². The molecule has 1 heteroatoms. The lowest BCUT2D eigenvalue weighted by molar-refractivity contribution is 0.377. The molecule has 0 amide bonds. The van der Waals surface area contributed by atoms with E-state index in [0.717, 1.165) is 5.92 Å². The van der Waals surface area contributed by atoms with Crippen LogP contribution >= 0.6 is 0 Å². The molecule has 0 saturated carbocycles. The van der Waals surface area contributed by atoms with Crippen LogP contribution in [0.15, 0.2) is 0 Å². The van der Waals surface area contributed by atoms with Gasteiger partial charge in [-0.1, -0.05) is 40.5 Å². The molecular weight excluding hydrogens is 146 g/mol. The zero-order chi connectivity index (χ0) is 9.56. The molecule has 0 spiro atoms. The van der Waals surface area contributed by atoms with E-state index in [9.17, 15) is 0 Å². The Morgan fingerprint density at radius 3 is 1.83 bits per heavy atom. The molecule has 74 valence electrons. The molecule has 2 N–H and O–H groups in total. The molecule has 1 nitrogen and oxygen atoms in total. The van der Waals surface area contributed by atoms with Gasteiger partial charge in [0.15, 0.2) is 0 Å². The van der Waals surface area contributed by atoms with Crippen LogP contribution in [0.3, 0.4) is 0 Å². The number of nitrogens with two attached hydrogens (primary N) is 1. The lowest BCUT2D eigenvalue weighted by Gasteiger charge is -2.18. The van der Waals surface area contributed by atoms with Crippen LogP contribution < -0.4 is 5.73 Å². The lowest BCUT2D eigenvalue weighted by Crippen LogP contribution is -2.26. The first-order chi connectivity index (χ1) is 5.61. The maximum Gasteiger partial charge on any atom is 0.00619 e. The SMILES string of the molecule is CCC(CC)CCC(N)C(C)C. The quantitative estimate of drug-likeness (QED) is 0.652. The first-order valence-corrected chi connectivity index (χ1v) is 5.37. The maximum atomic E-state index is 5.97. The van der Waals surface area contributed by atoms with Gasteiger partial charge in [0.05, 0.1) is 0 Å². The van der Waals surface area contributed by atoms with E-state index in [-0.39, 0.29) is 0 Å². The van der Waals surface area contributed by atoms with Crippen molar-refractivity contribution in [3.8, 4) is 0 Å². The highest BCUT2D eigenvalue weighted by molar-refractivity contribution is 4.67. The largest absolute Gasteiger partial charge is 0.327 e. The molecule has 0 rings (SSSR count). The Balaban J connectivity index is 3.51. The maximum absolute atomic E-state index is 5.97. The zero-order valence-corrected chi connectivity index (χ0v) is 9.14. The van der Waals surface area contributed by atoms with Crippen LogP contribution in [0.5, 0.6) is 0 Å². The summed E-state index contributed by atoms with van der Waals surface area (Å²) in [7, 11) is 0. The third kappa shape index (κ3) is 4.76. The predicted molar refractivity (Wildman–Crippen MR) is 56.1 cm³/mol. The highest BCUT2D eigenvalue weighted by Gasteiger charge is 2.10. The normalized spacial score (nSPS) is 14.2. The molecule has 0 aromatic rings. The summed E-state index contributed by atoms with van der Waals surface area (Å²) >= 11 is 0. The van der Waals surface area contributed by atoms with E-state index in [1.54, 1.807) is 0 Å². The van der Waals surface area contributed by atoms with E-state index in [1.807, 2.05) is 0 Å². The molecule has 0 aliphatic rings. The summed E-state index contributed by atoms with van der Waals surface area (Å²) in [6.07, 6.45) is 5.12. The fourth-order valence-corrected chi connectivity index (χ4v) is 1.46. The minimum absolute atomic E-state index is 0.408. The minimum Gasteiger partial charge on any atom is -0.327 e. The third-order valence-corrected chi connectivity index (χ3v) is 2.92. The molecule has 0 heterocycles. The summed E-state index contributed by atoms with van der Waals surface area (Å²) in [4.78, 5) is 0. The Hall–Kier alpha value is -0.0400. The van der Waals surface area contributed by atoms with Gasteiger partial charge in [-0.15, -0.1) is 0 Å². The Morgan fingerprint density at radius 2 is 1.50 bits per heavy atom. The van der Waals surface area contributed by atoms with Gasteiger partial charge in [0.2, 0.25) is 0 Å². The molecule has 12 heavy (non-hydrogen) atoms. The van der Waals surface area contributed by atoms with Crippen molar-refractivity contribution in [3.63, 3.8) is 0 Å². The molecule has 0 aliphatic carbocycles. The minimum atomic E-state index is 0.408. The van der Waals surface area contributed by atoms with E-state index in [0.29, 0.717) is 12.0 Å². The van der Waals surface area contributed by atoms with Crippen molar-refractivity contribution in [2.75, 3.05) is 0 Å². The van der Waals surface area contributed by atoms with Gasteiger partial charge in [-0.2, -0.15) is 0 Å². The molecule has 1 atom stereocenters. The summed E-state index contributed by atoms with van der Waals surface area (Å²) in [5, 5.41) is 0. The first-order valence-electron chi connectivity index (χ1n) is 5.37. The number of hydrogen-bond donors (Lipinski definition) is 1. The van der Waals surface area contributed by atoms with Gasteiger partial charge >= 0.3 is 0 Å². The van der Waals surface area contributed by atoms with Crippen molar-refractivity contribution >= 4 is 0 Å². The fourth-order valence-electron chi connectivity index (χ4n) is 1.46. The van der Waals surface area contributed by atoms with Crippen LogP contribution in [0.1, 0.15) is 53.4 Å². The van der Waals surface area contributed by atoms with Crippen molar-refractivity contribution in [2.24, 2.45) is 17.6 Å². The Morgan fingerprint density at radius 1 is 1.00 bits per heavy atom. The second kappa shape index (κ2) is 6.47. The number of hydrogen-bond acceptors (Lipinski definition) is 1. The van der Waals surface area contributed by atoms with Gasteiger partial charge < -0.3 is 5.73 Å². The lowest BCUT2D eigenvalue weighted by atomic mass is 9.92. The van der Waals surface area contributed by atoms with E-state index in [2.05, 4.69) is 27.7 Å². The predicted octanol–water partition coefficient (Wildman–Crippen LogP) is 3.19. The molecular formula is C11H25N. The van der Waals surface area contributed by atoms with Crippen LogP contribution in [0.25, 0.3) is 0 Å². The smallest absolute Gasteiger partial charge is 0.00619 e. The average Bonchev–Trinajstić information content (AvgIpc) is 2.05. The second-order valence-electron chi connectivity index (χ2n) is 4.17. The van der Waals surface area contributed by atoms with E-state index >= 15 is 0 Å². The molecule has 0 bridgehead atoms. The van der Waals surface area contributed by atoms with Crippen molar-refractivity contribution in [3.05, 3.63) is 0 Å². The fraction of sp³-hybridized carbons (Fsp3) is 1.00. The standard InChI is InChI=1S/C11H25N/c1-5-10(6-2)7-8-11(12)9(3)4/h9-11H,5-8,12H2,1-4H3. The van der Waals surface area contributed by atoms with Crippen molar-refractivity contribution in [1.82, 2.24) is 0 Å². The average molecular weight is 171 g/mol. The summed E-state index contributed by atoms with van der Waals surface area (Å²) in [6.45, 7) is 8.96. The van der Waals surface area contributed by atoms with Crippen LogP contribution in [-0.4, -0.2) is 6.04 Å². The molecule has 0 aromatic heterocycles. The monoisotopic (exact) mass is 171 g/mol. The molecule has 0 saturated heterocycles. The molecule has 1 unspecified atom stereocenters. The van der Waals surface area contributed by atoms with Crippen molar-refractivity contribution in [2.45, 2.75) is 59.4 Å². The second-order valence-corrected chi connectivity index (χ2v) is 4.17. The summed E-state index contributed by atoms with van der Waals surface area (Å²) in [6, 6.07) is 0.408. The first kappa shape index (κ1) is 12.0. The zero-order valence-electron chi connectivity index (χ0n) is 9.14. The van der Waals surface area contributed by atoms with E-state index < -0.39 is 0 Å². The van der Waals surface area contributed by atoms with Crippen LogP contribution in [0.2, 0.25) is 0 Å². The Bertz CT molecular complexity index is 93.2. The van der Waals surface area contributed by atoms with Crippen LogP contribution in [-0.2, 0) is 0 Å². The van der Waals surface area contributed by atoms with Crippen molar-refractivity contribution in [1.29, 1.82) is 0 Å². The highest BCUT2D eigenvalue weighted by atomic mass is 14.6. The van der Waals surface area contributed by atoms with Crippen LogP contribution in [0, 0.1) is 11.8 Å². The Labute approximate surface area is 77.7 Å². The summed E-state index contributed by atoms with van der Waals surface area (Å²) in [5.41, 5.74) is 5.97. The molecule has 0 aliphatic heterocycles. The summed E-state index contributed by atoms with van der Waals surface area (Å²) in [5.74, 6) is 1.54. The molecule has 0 radical (unpaired) electrons. The Kier molecular flexibility index (Phi) is 6.45. The van der Waals surface area contributed by atoms with Gasteiger partial charge in [-0.3, -0.25) is 0 Å². The van der Waals surface area contributed by atoms with Crippen LogP contribution in [0.4, 0.5) is 0 Å². The summed E-state index contributed by atoms with van der Waals surface area (Å²) < 4.78 is 0. The van der Waals surface area contributed by atoms with Gasteiger partial charge in [0.25, 0.3) is 0 Å². The van der Waals surface area contributed by atoms with E-state index in [4.69, 9.17) is 5.73 Å². The van der Waals surface area contributed by atoms with Gasteiger partial charge in [0, 0.05) is 6.04 Å². The third-order valence-electron chi connectivity index (χ3n) is 2.92. The topological polar surface area (TPSA) is 26.0 Å². The van der Waals surface area contributed by atoms with E-state index in [1.165, 1.54) is 25.7 Å². The van der Waals surface area contributed by atoms with Gasteiger partial charge in [-0.25, -0.2) is 0 Å².